The SMILES string of the molecule is Cc1c(Cl)cccc1NC(=O)c1ccccc1NS(=O)(=O)c1ccc2[nH]c(=O)[nH]c2c1. The van der Waals surface area contributed by atoms with Gasteiger partial charge < -0.3 is 15.3 Å². The first kappa shape index (κ1) is 20.7. The van der Waals surface area contributed by atoms with Crippen LogP contribution in [0.1, 0.15) is 15.9 Å². The smallest absolute Gasteiger partial charge is 0.322 e. The standard InChI is InChI=1S/C21H17ClN4O4S/c1-12-15(22)6-4-8-16(12)23-20(27)14-5-2-3-7-17(14)26-31(29,30)13-9-10-18-19(11-13)25-21(28)24-18/h2-11,26H,1H3,(H,23,27)(H2,24,25,28). The van der Waals surface area contributed by atoms with Crippen LogP contribution in [0.5, 0.6) is 0 Å². The molecule has 31 heavy (non-hydrogen) atoms. The van der Waals surface area contributed by atoms with Gasteiger partial charge in [0.05, 0.1) is 27.2 Å². The van der Waals surface area contributed by atoms with Crippen molar-refractivity contribution in [3.05, 3.63) is 87.3 Å². The van der Waals surface area contributed by atoms with Crippen molar-refractivity contribution in [2.75, 3.05) is 10.0 Å². The molecule has 0 bridgehead atoms. The molecule has 0 aliphatic carbocycles. The molecule has 0 atom stereocenters. The minimum absolute atomic E-state index is 0.0591. The van der Waals surface area contributed by atoms with E-state index in [1.54, 1.807) is 37.3 Å². The number of H-pyrrole nitrogens is 2. The number of carbonyl (C=O) groups is 1. The van der Waals surface area contributed by atoms with Crippen molar-refractivity contribution in [2.24, 2.45) is 0 Å². The van der Waals surface area contributed by atoms with E-state index in [-0.39, 0.29) is 16.1 Å². The molecule has 4 N–H and O–H groups in total. The summed E-state index contributed by atoms with van der Waals surface area (Å²) < 4.78 is 28.3. The average molecular weight is 457 g/mol. The highest BCUT2D eigenvalue weighted by Crippen LogP contribution is 2.26. The summed E-state index contributed by atoms with van der Waals surface area (Å²) in [5, 5.41) is 3.26. The van der Waals surface area contributed by atoms with Crippen molar-refractivity contribution in [1.82, 2.24) is 9.97 Å². The number of benzene rings is 3. The summed E-state index contributed by atoms with van der Waals surface area (Å²) in [4.78, 5) is 29.3. The topological polar surface area (TPSA) is 124 Å². The van der Waals surface area contributed by atoms with Crippen LogP contribution >= 0.6 is 11.6 Å². The van der Waals surface area contributed by atoms with E-state index in [9.17, 15) is 18.0 Å². The lowest BCUT2D eigenvalue weighted by atomic mass is 10.1. The molecule has 10 heteroatoms. The maximum absolute atomic E-state index is 12.9. The predicted octanol–water partition coefficient (Wildman–Crippen LogP) is 3.87. The number of anilines is 2. The molecule has 0 fully saturated rings. The van der Waals surface area contributed by atoms with Gasteiger partial charge in [-0.05, 0) is 55.0 Å². The summed E-state index contributed by atoms with van der Waals surface area (Å²) >= 11 is 6.11. The molecule has 8 nitrogen and oxygen atoms in total. The van der Waals surface area contributed by atoms with Crippen molar-refractivity contribution < 1.29 is 13.2 Å². The highest BCUT2D eigenvalue weighted by molar-refractivity contribution is 7.92. The first-order chi connectivity index (χ1) is 14.7. The van der Waals surface area contributed by atoms with Crippen molar-refractivity contribution in [1.29, 1.82) is 0 Å². The number of sulfonamides is 1. The summed E-state index contributed by atoms with van der Waals surface area (Å²) in [6.07, 6.45) is 0. The van der Waals surface area contributed by atoms with E-state index in [4.69, 9.17) is 11.6 Å². The first-order valence-corrected chi connectivity index (χ1v) is 11.0. The summed E-state index contributed by atoms with van der Waals surface area (Å²) in [6, 6.07) is 15.6. The van der Waals surface area contributed by atoms with Gasteiger partial charge in [0.1, 0.15) is 0 Å². The molecule has 1 aromatic heterocycles. The molecule has 4 aromatic rings. The Bertz CT molecular complexity index is 1470. The fraction of sp³-hybridized carbons (Fsp3) is 0.0476. The number of nitrogens with one attached hydrogen (secondary N) is 4. The van der Waals surface area contributed by atoms with E-state index in [0.29, 0.717) is 27.3 Å². The number of imidazole rings is 1. The highest BCUT2D eigenvalue weighted by atomic mass is 35.5. The van der Waals surface area contributed by atoms with Crippen molar-refractivity contribution in [2.45, 2.75) is 11.8 Å². The Kier molecular flexibility index (Phi) is 5.30. The quantitative estimate of drug-likeness (QED) is 0.364. The van der Waals surface area contributed by atoms with Gasteiger partial charge in [0.2, 0.25) is 0 Å². The zero-order valence-corrected chi connectivity index (χ0v) is 17.8. The largest absolute Gasteiger partial charge is 0.323 e. The second-order valence-electron chi connectivity index (χ2n) is 6.80. The second kappa shape index (κ2) is 7.93. The molecule has 1 heterocycles. The number of rotatable bonds is 5. The number of amides is 1. The lowest BCUT2D eigenvalue weighted by molar-refractivity contribution is 0.102. The maximum atomic E-state index is 12.9. The number of aromatic amines is 2. The van der Waals surface area contributed by atoms with Gasteiger partial charge in [-0.3, -0.25) is 9.52 Å². The number of halogens is 1. The Balaban J connectivity index is 1.65. The number of fused-ring (bicyclic) bond motifs is 1. The van der Waals surface area contributed by atoms with Crippen LogP contribution in [0.4, 0.5) is 11.4 Å². The second-order valence-corrected chi connectivity index (χ2v) is 8.89. The Morgan fingerprint density at radius 1 is 0.935 bits per heavy atom. The van der Waals surface area contributed by atoms with Gasteiger partial charge >= 0.3 is 5.69 Å². The fourth-order valence-electron chi connectivity index (χ4n) is 3.09. The Morgan fingerprint density at radius 2 is 1.65 bits per heavy atom. The number of carbonyl (C=O) groups excluding carboxylic acids is 1. The minimum Gasteiger partial charge on any atom is -0.322 e. The minimum atomic E-state index is -4.03. The molecule has 0 unspecified atom stereocenters. The van der Waals surface area contributed by atoms with Crippen LogP contribution in [0, 0.1) is 6.92 Å². The number of hydrogen-bond donors (Lipinski definition) is 4. The first-order valence-electron chi connectivity index (χ1n) is 9.15. The highest BCUT2D eigenvalue weighted by Gasteiger charge is 2.20. The van der Waals surface area contributed by atoms with Gasteiger partial charge in [-0.1, -0.05) is 29.8 Å². The lowest BCUT2D eigenvalue weighted by Gasteiger charge is -2.14. The van der Waals surface area contributed by atoms with Gasteiger partial charge in [-0.2, -0.15) is 0 Å². The van der Waals surface area contributed by atoms with Crippen molar-refractivity contribution in [3.8, 4) is 0 Å². The average Bonchev–Trinajstić information content (AvgIpc) is 3.10. The molecule has 4 rings (SSSR count). The van der Waals surface area contributed by atoms with E-state index < -0.39 is 21.6 Å². The normalized spacial score (nSPS) is 11.4. The number of para-hydroxylation sites is 1. The third-order valence-electron chi connectivity index (χ3n) is 4.73. The fourth-order valence-corrected chi connectivity index (χ4v) is 4.37. The zero-order chi connectivity index (χ0) is 22.2. The monoisotopic (exact) mass is 456 g/mol. The molecule has 0 saturated carbocycles. The molecule has 3 aromatic carbocycles. The van der Waals surface area contributed by atoms with Gasteiger partial charge in [-0.15, -0.1) is 0 Å². The molecule has 0 radical (unpaired) electrons. The van der Waals surface area contributed by atoms with Gasteiger partial charge in [-0.25, -0.2) is 13.2 Å². The van der Waals surface area contributed by atoms with Gasteiger partial charge in [0, 0.05) is 10.7 Å². The molecular formula is C21H17ClN4O4S. The van der Waals surface area contributed by atoms with E-state index in [2.05, 4.69) is 20.0 Å². The third kappa shape index (κ3) is 4.18. The molecule has 0 spiro atoms. The van der Waals surface area contributed by atoms with Gasteiger partial charge in [0.15, 0.2) is 0 Å². The van der Waals surface area contributed by atoms with Crippen LogP contribution in [0.2, 0.25) is 5.02 Å². The van der Waals surface area contributed by atoms with Crippen LogP contribution in [0.15, 0.2) is 70.4 Å². The maximum Gasteiger partial charge on any atom is 0.323 e. The summed E-state index contributed by atoms with van der Waals surface area (Å²) in [5.41, 5.74) is 1.89. The van der Waals surface area contributed by atoms with E-state index in [1.165, 1.54) is 30.3 Å². The van der Waals surface area contributed by atoms with Crippen LogP contribution in [-0.2, 0) is 10.0 Å². The van der Waals surface area contributed by atoms with Crippen molar-refractivity contribution >= 4 is 49.9 Å². The summed E-state index contributed by atoms with van der Waals surface area (Å²) in [7, 11) is -4.03. The van der Waals surface area contributed by atoms with Crippen molar-refractivity contribution in [3.63, 3.8) is 0 Å². The Hall–Kier alpha value is -3.56. The summed E-state index contributed by atoms with van der Waals surface area (Å²) in [6.45, 7) is 1.77. The molecule has 158 valence electrons. The molecule has 0 aliphatic heterocycles. The zero-order valence-electron chi connectivity index (χ0n) is 16.2. The number of aromatic nitrogens is 2. The molecule has 0 saturated heterocycles. The van der Waals surface area contributed by atoms with E-state index in [1.807, 2.05) is 0 Å². The molecule has 1 amide bonds. The Morgan fingerprint density at radius 3 is 2.45 bits per heavy atom. The van der Waals surface area contributed by atoms with Gasteiger partial charge in [0.25, 0.3) is 15.9 Å². The van der Waals surface area contributed by atoms with E-state index in [0.717, 1.165) is 0 Å². The van der Waals surface area contributed by atoms with E-state index >= 15 is 0 Å². The number of hydrogen-bond acceptors (Lipinski definition) is 4. The van der Waals surface area contributed by atoms with Crippen LogP contribution in [-0.4, -0.2) is 24.3 Å². The van der Waals surface area contributed by atoms with Crippen LogP contribution in [0.3, 0.4) is 0 Å². The Labute approximate surface area is 182 Å². The summed E-state index contributed by atoms with van der Waals surface area (Å²) in [5.74, 6) is -0.492. The van der Waals surface area contributed by atoms with Crippen LogP contribution < -0.4 is 15.7 Å². The predicted molar refractivity (Wildman–Crippen MR) is 120 cm³/mol. The third-order valence-corrected chi connectivity index (χ3v) is 6.50. The molecule has 0 aliphatic rings. The molecular weight excluding hydrogens is 440 g/mol. The van der Waals surface area contributed by atoms with Crippen LogP contribution in [0.25, 0.3) is 11.0 Å². The lowest BCUT2D eigenvalue weighted by Crippen LogP contribution is -2.19.